The summed E-state index contributed by atoms with van der Waals surface area (Å²) in [7, 11) is 0. The van der Waals surface area contributed by atoms with E-state index in [1.165, 1.54) is 12.1 Å². The molecule has 1 nitrogen and oxygen atoms in total. The molecule has 0 amide bonds. The van der Waals surface area contributed by atoms with Gasteiger partial charge in [-0.05, 0) is 30.5 Å². The molecular formula is C11H14Cl2FN. The number of hydrogen-bond acceptors (Lipinski definition) is 1. The molecule has 0 saturated carbocycles. The van der Waals surface area contributed by atoms with Gasteiger partial charge in [0.1, 0.15) is 5.82 Å². The van der Waals surface area contributed by atoms with Gasteiger partial charge in [-0.25, -0.2) is 4.39 Å². The Morgan fingerprint density at radius 3 is 1.93 bits per heavy atom. The predicted molar refractivity (Wildman–Crippen MR) is 62.9 cm³/mol. The van der Waals surface area contributed by atoms with Gasteiger partial charge >= 0.3 is 0 Å². The van der Waals surface area contributed by atoms with Crippen LogP contribution in [0.15, 0.2) is 24.3 Å². The molecular weight excluding hydrogens is 236 g/mol. The molecule has 0 spiro atoms. The van der Waals surface area contributed by atoms with Crippen molar-refractivity contribution in [2.45, 2.75) is 18.4 Å². The van der Waals surface area contributed by atoms with Crippen molar-refractivity contribution in [3.8, 4) is 0 Å². The van der Waals surface area contributed by atoms with Crippen LogP contribution in [0, 0.1) is 5.82 Å². The van der Waals surface area contributed by atoms with Crippen LogP contribution >= 0.6 is 23.2 Å². The Morgan fingerprint density at radius 1 is 1.07 bits per heavy atom. The highest BCUT2D eigenvalue weighted by molar-refractivity contribution is 6.18. The maximum atomic E-state index is 12.8. The summed E-state index contributed by atoms with van der Waals surface area (Å²) in [4.78, 5) is 0. The molecule has 0 unspecified atom stereocenters. The van der Waals surface area contributed by atoms with Crippen molar-refractivity contribution in [2.75, 3.05) is 11.8 Å². The minimum atomic E-state index is -0.544. The lowest BCUT2D eigenvalue weighted by Gasteiger charge is -2.28. The number of benzene rings is 1. The molecule has 15 heavy (non-hydrogen) atoms. The number of nitrogens with two attached hydrogens (primary N) is 1. The van der Waals surface area contributed by atoms with Crippen molar-refractivity contribution in [3.05, 3.63) is 35.6 Å². The van der Waals surface area contributed by atoms with E-state index in [1.807, 2.05) is 0 Å². The van der Waals surface area contributed by atoms with Gasteiger partial charge in [0, 0.05) is 17.3 Å². The molecule has 0 atom stereocenters. The molecule has 0 aromatic heterocycles. The molecule has 0 saturated heterocycles. The van der Waals surface area contributed by atoms with Crippen molar-refractivity contribution in [3.63, 3.8) is 0 Å². The maximum absolute atomic E-state index is 12.8. The molecule has 1 aromatic carbocycles. The SMILES string of the molecule is NC(CCCl)(CCCl)c1ccc(F)cc1. The summed E-state index contributed by atoms with van der Waals surface area (Å²) in [6.45, 7) is 0. The van der Waals surface area contributed by atoms with Gasteiger partial charge in [0.05, 0.1) is 0 Å². The van der Waals surface area contributed by atoms with Gasteiger partial charge < -0.3 is 5.73 Å². The number of halogens is 3. The summed E-state index contributed by atoms with van der Waals surface area (Å²) in [6, 6.07) is 6.18. The zero-order chi connectivity index (χ0) is 11.3. The molecule has 2 N–H and O–H groups in total. The van der Waals surface area contributed by atoms with Crippen LogP contribution in [0.5, 0.6) is 0 Å². The van der Waals surface area contributed by atoms with E-state index >= 15 is 0 Å². The molecule has 0 radical (unpaired) electrons. The fourth-order valence-electron chi connectivity index (χ4n) is 1.53. The van der Waals surface area contributed by atoms with Crippen molar-refractivity contribution in [1.29, 1.82) is 0 Å². The molecule has 0 aliphatic carbocycles. The highest BCUT2D eigenvalue weighted by Crippen LogP contribution is 2.27. The van der Waals surface area contributed by atoms with E-state index in [1.54, 1.807) is 12.1 Å². The summed E-state index contributed by atoms with van der Waals surface area (Å²) in [6.07, 6.45) is 1.26. The highest BCUT2D eigenvalue weighted by atomic mass is 35.5. The first kappa shape index (κ1) is 12.8. The van der Waals surface area contributed by atoms with Crippen molar-refractivity contribution in [2.24, 2.45) is 5.73 Å². The van der Waals surface area contributed by atoms with Crippen LogP contribution in [-0.2, 0) is 5.54 Å². The zero-order valence-corrected chi connectivity index (χ0v) is 9.86. The second-order valence-electron chi connectivity index (χ2n) is 3.54. The largest absolute Gasteiger partial charge is 0.321 e. The Balaban J connectivity index is 2.92. The Labute approximate surface area is 99.4 Å². The standard InChI is InChI=1S/C11H14Cl2FN/c12-7-5-11(15,6-8-13)9-1-3-10(14)4-2-9/h1-4H,5-8,15H2. The average Bonchev–Trinajstić information content (AvgIpc) is 2.19. The second-order valence-corrected chi connectivity index (χ2v) is 4.30. The average molecular weight is 250 g/mol. The van der Waals surface area contributed by atoms with E-state index in [-0.39, 0.29) is 5.82 Å². The molecule has 0 heterocycles. The number of alkyl halides is 2. The molecule has 0 bridgehead atoms. The lowest BCUT2D eigenvalue weighted by atomic mass is 9.86. The molecule has 1 aromatic rings. The fourth-order valence-corrected chi connectivity index (χ4v) is 2.21. The monoisotopic (exact) mass is 249 g/mol. The summed E-state index contributed by atoms with van der Waals surface area (Å²) in [5.74, 6) is 0.660. The van der Waals surface area contributed by atoms with Gasteiger partial charge in [-0.3, -0.25) is 0 Å². The number of rotatable bonds is 5. The van der Waals surface area contributed by atoms with Crippen molar-refractivity contribution >= 4 is 23.2 Å². The normalized spacial score (nSPS) is 11.7. The Kier molecular flexibility index (Phi) is 4.84. The summed E-state index contributed by atoms with van der Waals surface area (Å²) in [5, 5.41) is 0. The Bertz CT molecular complexity index is 294. The molecule has 84 valence electrons. The first-order valence-electron chi connectivity index (χ1n) is 4.79. The first-order chi connectivity index (χ1) is 7.12. The molecule has 0 fully saturated rings. The molecule has 4 heteroatoms. The molecule has 1 rings (SSSR count). The summed E-state index contributed by atoms with van der Waals surface area (Å²) >= 11 is 11.4. The van der Waals surface area contributed by atoms with Crippen LogP contribution in [0.2, 0.25) is 0 Å². The van der Waals surface area contributed by atoms with Crippen LogP contribution in [-0.4, -0.2) is 11.8 Å². The topological polar surface area (TPSA) is 26.0 Å². The lowest BCUT2D eigenvalue weighted by Crippen LogP contribution is -2.37. The van der Waals surface area contributed by atoms with Gasteiger partial charge in [0.25, 0.3) is 0 Å². The van der Waals surface area contributed by atoms with Crippen LogP contribution in [0.3, 0.4) is 0 Å². The maximum Gasteiger partial charge on any atom is 0.123 e. The smallest absolute Gasteiger partial charge is 0.123 e. The molecule has 0 aliphatic rings. The predicted octanol–water partition coefficient (Wildman–Crippen LogP) is 3.24. The third kappa shape index (κ3) is 3.33. The zero-order valence-electron chi connectivity index (χ0n) is 8.35. The molecule has 0 aliphatic heterocycles. The van der Waals surface area contributed by atoms with E-state index in [2.05, 4.69) is 0 Å². The Hall–Kier alpha value is -0.310. The van der Waals surface area contributed by atoms with Crippen LogP contribution in [0.1, 0.15) is 18.4 Å². The van der Waals surface area contributed by atoms with Gasteiger partial charge in [-0.15, -0.1) is 23.2 Å². The van der Waals surface area contributed by atoms with E-state index in [0.717, 1.165) is 5.56 Å². The number of hydrogen-bond donors (Lipinski definition) is 1. The van der Waals surface area contributed by atoms with Gasteiger partial charge in [0.15, 0.2) is 0 Å². The van der Waals surface area contributed by atoms with E-state index in [0.29, 0.717) is 24.6 Å². The minimum Gasteiger partial charge on any atom is -0.321 e. The van der Waals surface area contributed by atoms with Crippen molar-refractivity contribution < 1.29 is 4.39 Å². The Morgan fingerprint density at radius 2 is 1.53 bits per heavy atom. The minimum absolute atomic E-state index is 0.266. The van der Waals surface area contributed by atoms with E-state index in [4.69, 9.17) is 28.9 Å². The second kappa shape index (κ2) is 5.69. The summed E-state index contributed by atoms with van der Waals surface area (Å²) < 4.78 is 12.8. The van der Waals surface area contributed by atoms with Crippen LogP contribution < -0.4 is 5.73 Å². The fraction of sp³-hybridized carbons (Fsp3) is 0.455. The third-order valence-electron chi connectivity index (χ3n) is 2.50. The van der Waals surface area contributed by atoms with Gasteiger partial charge in [-0.2, -0.15) is 0 Å². The quantitative estimate of drug-likeness (QED) is 0.797. The highest BCUT2D eigenvalue weighted by Gasteiger charge is 2.25. The van der Waals surface area contributed by atoms with Crippen LogP contribution in [0.25, 0.3) is 0 Å². The third-order valence-corrected chi connectivity index (χ3v) is 2.88. The van der Waals surface area contributed by atoms with E-state index < -0.39 is 5.54 Å². The van der Waals surface area contributed by atoms with Gasteiger partial charge in [-0.1, -0.05) is 12.1 Å². The lowest BCUT2D eigenvalue weighted by molar-refractivity contribution is 0.417. The van der Waals surface area contributed by atoms with Crippen LogP contribution in [0.4, 0.5) is 4.39 Å². The summed E-state index contributed by atoms with van der Waals surface area (Å²) in [5.41, 5.74) is 6.53. The van der Waals surface area contributed by atoms with Gasteiger partial charge in [0.2, 0.25) is 0 Å². The van der Waals surface area contributed by atoms with E-state index in [9.17, 15) is 4.39 Å². The van der Waals surface area contributed by atoms with Crippen molar-refractivity contribution in [1.82, 2.24) is 0 Å². The first-order valence-corrected chi connectivity index (χ1v) is 5.86.